The summed E-state index contributed by atoms with van der Waals surface area (Å²) in [5.74, 6) is -1.61. The van der Waals surface area contributed by atoms with E-state index in [9.17, 15) is 19.2 Å². The topological polar surface area (TPSA) is 109 Å². The minimum absolute atomic E-state index is 0.558. The van der Waals surface area contributed by atoms with E-state index in [1.807, 2.05) is 0 Å². The fraction of sp³-hybridized carbons (Fsp3) is 0. The van der Waals surface area contributed by atoms with Crippen LogP contribution in [0.25, 0.3) is 11.5 Å². The van der Waals surface area contributed by atoms with Crippen LogP contribution in [0.3, 0.4) is 0 Å². The minimum atomic E-state index is -1.48. The van der Waals surface area contributed by atoms with Gasteiger partial charge in [-0.15, -0.1) is 0 Å². The van der Waals surface area contributed by atoms with Crippen molar-refractivity contribution >= 4 is 11.5 Å². The van der Waals surface area contributed by atoms with Crippen molar-refractivity contribution in [3.63, 3.8) is 0 Å². The van der Waals surface area contributed by atoms with Crippen molar-refractivity contribution in [2.24, 2.45) is 0 Å². The smallest absolute Gasteiger partial charge is 0.277 e. The summed E-state index contributed by atoms with van der Waals surface area (Å²) in [4.78, 5) is 43.6. The quantitative estimate of drug-likeness (QED) is 0.412. The zero-order chi connectivity index (χ0) is 10.6. The summed E-state index contributed by atoms with van der Waals surface area (Å²) in [6, 6.07) is 0. The number of aliphatic hydroxyl groups excluding tert-OH is 2. The molecule has 14 heavy (non-hydrogen) atoms. The Bertz CT molecular complexity index is 693. The first-order valence-electron chi connectivity index (χ1n) is 3.51. The van der Waals surface area contributed by atoms with Gasteiger partial charge in [0.2, 0.25) is 10.9 Å². The van der Waals surface area contributed by atoms with E-state index >= 15 is 0 Å². The van der Waals surface area contributed by atoms with Gasteiger partial charge in [-0.05, 0) is 0 Å². The monoisotopic (exact) mass is 194 g/mol. The number of benzene rings is 1. The highest BCUT2D eigenvalue weighted by atomic mass is 16.3. The summed E-state index contributed by atoms with van der Waals surface area (Å²) in [5, 5.41) is 16.8. The van der Waals surface area contributed by atoms with E-state index < -0.39 is 43.7 Å². The Morgan fingerprint density at radius 2 is 0.857 bits per heavy atom. The van der Waals surface area contributed by atoms with Crippen LogP contribution in [0.1, 0.15) is 0 Å². The maximum atomic E-state index is 11.0. The first-order chi connectivity index (χ1) is 6.46. The Kier molecular flexibility index (Phi) is 1.29. The standard InChI is InChI=1S/C8H2O6/c9-3-1-2(4(3)10)6(12)8(14)7(13)5(1)11/h9-10H. The highest BCUT2D eigenvalue weighted by molar-refractivity contribution is 5.83. The zero-order valence-corrected chi connectivity index (χ0v) is 6.53. The van der Waals surface area contributed by atoms with Gasteiger partial charge in [-0.3, -0.25) is 19.2 Å². The van der Waals surface area contributed by atoms with E-state index in [1.165, 1.54) is 0 Å². The molecule has 0 amide bonds. The fourth-order valence-corrected chi connectivity index (χ4v) is 1.29. The van der Waals surface area contributed by atoms with Gasteiger partial charge < -0.3 is 10.2 Å². The summed E-state index contributed by atoms with van der Waals surface area (Å²) >= 11 is 0. The third-order valence-electron chi connectivity index (χ3n) is 2.02. The van der Waals surface area contributed by atoms with E-state index in [0.29, 0.717) is 0 Å². The number of hydrogen-bond acceptors (Lipinski definition) is 6. The van der Waals surface area contributed by atoms with Crippen LogP contribution < -0.4 is 32.2 Å². The van der Waals surface area contributed by atoms with Crippen LogP contribution in [-0.4, -0.2) is 10.2 Å². The van der Waals surface area contributed by atoms with Gasteiger partial charge in [0.15, 0.2) is 11.5 Å². The summed E-state index contributed by atoms with van der Waals surface area (Å²) in [6.45, 7) is 0. The fourth-order valence-electron chi connectivity index (χ4n) is 1.29. The molecule has 0 saturated heterocycles. The second-order valence-corrected chi connectivity index (χ2v) is 2.76. The Labute approximate surface area is 74.0 Å². The molecule has 0 unspecified atom stereocenters. The summed E-state index contributed by atoms with van der Waals surface area (Å²) in [5.41, 5.74) is -5.46. The molecule has 1 aromatic rings. The molecule has 1 aliphatic carbocycles. The van der Waals surface area contributed by atoms with Crippen LogP contribution in [0.4, 0.5) is 0 Å². The van der Waals surface area contributed by atoms with Crippen LogP contribution in [0.5, 0.6) is 0 Å². The lowest BCUT2D eigenvalue weighted by Crippen LogP contribution is -2.68. The van der Waals surface area contributed by atoms with E-state index in [-0.39, 0.29) is 0 Å². The predicted molar refractivity (Wildman–Crippen MR) is 45.2 cm³/mol. The summed E-state index contributed by atoms with van der Waals surface area (Å²) in [6.07, 6.45) is 0. The van der Waals surface area contributed by atoms with Crippen LogP contribution in [0, 0.1) is 0 Å². The molecule has 2 rings (SSSR count). The van der Waals surface area contributed by atoms with Crippen LogP contribution >= 0.6 is 0 Å². The average molecular weight is 194 g/mol. The largest absolute Gasteiger partial charge is 0.504 e. The maximum Gasteiger partial charge on any atom is 0.277 e. The number of aliphatic hydroxyl groups is 2. The Morgan fingerprint density at radius 3 is 1.14 bits per heavy atom. The lowest BCUT2D eigenvalue weighted by atomic mass is 10.0. The van der Waals surface area contributed by atoms with E-state index in [2.05, 4.69) is 0 Å². The Morgan fingerprint density at radius 1 is 0.571 bits per heavy atom. The number of rotatable bonds is 0. The molecule has 1 aromatic carbocycles. The van der Waals surface area contributed by atoms with Crippen molar-refractivity contribution in [1.29, 1.82) is 0 Å². The molecule has 6 heteroatoms. The molecule has 0 bridgehead atoms. The van der Waals surface area contributed by atoms with Crippen molar-refractivity contribution < 1.29 is 10.2 Å². The first kappa shape index (κ1) is 8.36. The molecule has 0 saturated carbocycles. The second-order valence-electron chi connectivity index (χ2n) is 2.76. The van der Waals surface area contributed by atoms with Gasteiger partial charge in [0.25, 0.3) is 10.9 Å². The van der Waals surface area contributed by atoms with Crippen molar-refractivity contribution in [2.45, 2.75) is 0 Å². The van der Waals surface area contributed by atoms with Gasteiger partial charge >= 0.3 is 0 Å². The molecule has 70 valence electrons. The summed E-state index contributed by atoms with van der Waals surface area (Å²) in [7, 11) is 0. The van der Waals surface area contributed by atoms with E-state index in [4.69, 9.17) is 10.2 Å². The van der Waals surface area contributed by atoms with E-state index in [0.717, 1.165) is 0 Å². The SMILES string of the molecule is O=c1c(=O)c(=O)c2c(c1=O)=C(O)C=2O. The highest BCUT2D eigenvalue weighted by Crippen LogP contribution is 2.00. The molecule has 1 aliphatic rings. The van der Waals surface area contributed by atoms with Gasteiger partial charge in [0.1, 0.15) is 0 Å². The molecular formula is C8H2O6. The molecule has 0 heterocycles. The summed E-state index contributed by atoms with van der Waals surface area (Å²) < 4.78 is 0. The van der Waals surface area contributed by atoms with Gasteiger partial charge in [-0.2, -0.15) is 0 Å². The van der Waals surface area contributed by atoms with Crippen LogP contribution in [0.2, 0.25) is 0 Å². The average Bonchev–Trinajstić information content (AvgIpc) is 2.18. The highest BCUT2D eigenvalue weighted by Gasteiger charge is 2.24. The molecule has 0 fully saturated rings. The molecule has 0 radical (unpaired) electrons. The normalized spacial score (nSPS) is 13.7. The maximum absolute atomic E-state index is 11.0. The molecule has 0 aromatic heterocycles. The third kappa shape index (κ3) is 0.657. The Hall–Kier alpha value is -2.24. The first-order valence-corrected chi connectivity index (χ1v) is 3.51. The minimum Gasteiger partial charge on any atom is -0.504 e. The zero-order valence-electron chi connectivity index (χ0n) is 6.53. The molecule has 0 atom stereocenters. The molecule has 6 nitrogen and oxygen atoms in total. The van der Waals surface area contributed by atoms with Gasteiger partial charge in [-0.25, -0.2) is 0 Å². The lowest BCUT2D eigenvalue weighted by Gasteiger charge is -2.05. The van der Waals surface area contributed by atoms with Crippen molar-refractivity contribution in [3.8, 4) is 0 Å². The predicted octanol–water partition coefficient (Wildman–Crippen LogP) is -3.65. The third-order valence-corrected chi connectivity index (χ3v) is 2.02. The Balaban J connectivity index is 3.43. The van der Waals surface area contributed by atoms with E-state index in [1.54, 1.807) is 0 Å². The second kappa shape index (κ2) is 2.16. The molecular weight excluding hydrogens is 192 g/mol. The number of fused-ring (bicyclic) bond motifs is 1. The van der Waals surface area contributed by atoms with Crippen molar-refractivity contribution in [3.05, 3.63) is 51.3 Å². The van der Waals surface area contributed by atoms with Gasteiger partial charge in [0.05, 0.1) is 10.4 Å². The van der Waals surface area contributed by atoms with Gasteiger partial charge in [0, 0.05) is 0 Å². The molecule has 2 N–H and O–H groups in total. The molecule has 0 spiro atoms. The molecule has 0 aliphatic heterocycles. The number of hydrogen-bond donors (Lipinski definition) is 2. The van der Waals surface area contributed by atoms with Crippen LogP contribution in [0.15, 0.2) is 19.2 Å². The van der Waals surface area contributed by atoms with Crippen molar-refractivity contribution in [1.82, 2.24) is 0 Å². The van der Waals surface area contributed by atoms with Gasteiger partial charge in [-0.1, -0.05) is 0 Å². The lowest BCUT2D eigenvalue weighted by molar-refractivity contribution is 0.432. The van der Waals surface area contributed by atoms with Crippen LogP contribution in [-0.2, 0) is 0 Å². The van der Waals surface area contributed by atoms with Crippen molar-refractivity contribution in [2.75, 3.05) is 0 Å².